The van der Waals surface area contributed by atoms with E-state index in [9.17, 15) is 0 Å². The van der Waals surface area contributed by atoms with Crippen molar-refractivity contribution >= 4 is 0 Å². The fraction of sp³-hybridized carbons (Fsp3) is 0.571. The molecule has 1 aromatic carbocycles. The van der Waals surface area contributed by atoms with Gasteiger partial charge in [0.2, 0.25) is 0 Å². The molecule has 1 N–H and O–H groups in total. The summed E-state index contributed by atoms with van der Waals surface area (Å²) in [5.41, 5.74) is 1.28. The lowest BCUT2D eigenvalue weighted by molar-refractivity contribution is 0.287. The van der Waals surface area contributed by atoms with Crippen LogP contribution in [0.4, 0.5) is 0 Å². The molecule has 0 spiro atoms. The molecule has 1 rings (SSSR count). The van der Waals surface area contributed by atoms with Crippen molar-refractivity contribution in [3.63, 3.8) is 0 Å². The molecule has 0 saturated carbocycles. The fourth-order valence-electron chi connectivity index (χ4n) is 1.66. The van der Waals surface area contributed by atoms with E-state index in [0.717, 1.165) is 31.0 Å². The Kier molecular flexibility index (Phi) is 6.48. The maximum atomic E-state index is 5.59. The highest BCUT2D eigenvalue weighted by molar-refractivity contribution is 5.43. The zero-order valence-electron chi connectivity index (χ0n) is 11.1. The highest BCUT2D eigenvalue weighted by Gasteiger charge is 2.05. The van der Waals surface area contributed by atoms with Crippen LogP contribution in [0, 0.1) is 0 Å². The second-order valence-electron chi connectivity index (χ2n) is 3.75. The summed E-state index contributed by atoms with van der Waals surface area (Å²) in [6.45, 7) is 9.42. The topological polar surface area (TPSA) is 30.5 Å². The molecule has 0 aromatic heterocycles. The Hall–Kier alpha value is -1.22. The molecule has 96 valence electrons. The van der Waals surface area contributed by atoms with Crippen molar-refractivity contribution in [3.8, 4) is 11.5 Å². The van der Waals surface area contributed by atoms with Crippen molar-refractivity contribution in [2.24, 2.45) is 0 Å². The number of hydrogen-bond acceptors (Lipinski definition) is 3. The van der Waals surface area contributed by atoms with Gasteiger partial charge in [-0.1, -0.05) is 13.0 Å². The van der Waals surface area contributed by atoms with Crippen LogP contribution in [0.3, 0.4) is 0 Å². The van der Waals surface area contributed by atoms with Crippen LogP contribution in [0.25, 0.3) is 0 Å². The summed E-state index contributed by atoms with van der Waals surface area (Å²) in [5.74, 6) is 1.69. The van der Waals surface area contributed by atoms with E-state index in [2.05, 4.69) is 24.4 Å². The second kappa shape index (κ2) is 7.96. The van der Waals surface area contributed by atoms with Crippen LogP contribution < -0.4 is 14.8 Å². The Morgan fingerprint density at radius 2 is 1.71 bits per heavy atom. The van der Waals surface area contributed by atoms with Crippen molar-refractivity contribution in [1.29, 1.82) is 0 Å². The first-order chi connectivity index (χ1) is 8.31. The molecule has 0 saturated heterocycles. The van der Waals surface area contributed by atoms with Crippen molar-refractivity contribution < 1.29 is 9.47 Å². The van der Waals surface area contributed by atoms with Gasteiger partial charge in [-0.05, 0) is 51.1 Å². The zero-order chi connectivity index (χ0) is 12.5. The SMILES string of the molecule is CCNCCc1ccc(OCC)c(OCC)c1. The van der Waals surface area contributed by atoms with E-state index < -0.39 is 0 Å². The first kappa shape index (κ1) is 13.8. The average Bonchev–Trinajstić information content (AvgIpc) is 2.33. The van der Waals surface area contributed by atoms with E-state index in [0.29, 0.717) is 13.2 Å². The van der Waals surface area contributed by atoms with Gasteiger partial charge in [0.1, 0.15) is 0 Å². The molecule has 0 aliphatic heterocycles. The molecule has 0 unspecified atom stereocenters. The summed E-state index contributed by atoms with van der Waals surface area (Å²) in [7, 11) is 0. The van der Waals surface area contributed by atoms with Crippen LogP contribution in [0.15, 0.2) is 18.2 Å². The van der Waals surface area contributed by atoms with E-state index in [1.807, 2.05) is 19.9 Å². The van der Waals surface area contributed by atoms with Crippen LogP contribution in [0.5, 0.6) is 11.5 Å². The molecule has 1 aromatic rings. The van der Waals surface area contributed by atoms with Crippen LogP contribution in [0.1, 0.15) is 26.3 Å². The molecule has 0 fully saturated rings. The monoisotopic (exact) mass is 237 g/mol. The quantitative estimate of drug-likeness (QED) is 0.705. The zero-order valence-corrected chi connectivity index (χ0v) is 11.1. The first-order valence-corrected chi connectivity index (χ1v) is 6.41. The molecule has 0 atom stereocenters. The van der Waals surface area contributed by atoms with Gasteiger partial charge in [-0.2, -0.15) is 0 Å². The van der Waals surface area contributed by atoms with E-state index in [-0.39, 0.29) is 0 Å². The highest BCUT2D eigenvalue weighted by atomic mass is 16.5. The van der Waals surface area contributed by atoms with Crippen LogP contribution in [-0.4, -0.2) is 26.3 Å². The van der Waals surface area contributed by atoms with Crippen LogP contribution in [-0.2, 0) is 6.42 Å². The summed E-state index contributed by atoms with van der Waals surface area (Å²) < 4.78 is 11.1. The van der Waals surface area contributed by atoms with Gasteiger partial charge in [0.25, 0.3) is 0 Å². The van der Waals surface area contributed by atoms with Crippen LogP contribution in [0.2, 0.25) is 0 Å². The van der Waals surface area contributed by atoms with Crippen molar-refractivity contribution in [3.05, 3.63) is 23.8 Å². The Morgan fingerprint density at radius 1 is 1.00 bits per heavy atom. The lowest BCUT2D eigenvalue weighted by Crippen LogP contribution is -2.16. The lowest BCUT2D eigenvalue weighted by Gasteiger charge is -2.12. The lowest BCUT2D eigenvalue weighted by atomic mass is 10.1. The van der Waals surface area contributed by atoms with Gasteiger partial charge in [0.05, 0.1) is 13.2 Å². The molecule has 0 bridgehead atoms. The molecule has 17 heavy (non-hydrogen) atoms. The third-order valence-corrected chi connectivity index (χ3v) is 2.45. The van der Waals surface area contributed by atoms with Crippen molar-refractivity contribution in [2.75, 3.05) is 26.3 Å². The van der Waals surface area contributed by atoms with Gasteiger partial charge < -0.3 is 14.8 Å². The third kappa shape index (κ3) is 4.65. The van der Waals surface area contributed by atoms with Gasteiger partial charge in [-0.3, -0.25) is 0 Å². The average molecular weight is 237 g/mol. The summed E-state index contributed by atoms with van der Waals surface area (Å²) >= 11 is 0. The summed E-state index contributed by atoms with van der Waals surface area (Å²) in [4.78, 5) is 0. The maximum Gasteiger partial charge on any atom is 0.161 e. The number of ether oxygens (including phenoxy) is 2. The largest absolute Gasteiger partial charge is 0.490 e. The minimum Gasteiger partial charge on any atom is -0.490 e. The Bertz CT molecular complexity index is 326. The van der Waals surface area contributed by atoms with E-state index in [4.69, 9.17) is 9.47 Å². The first-order valence-electron chi connectivity index (χ1n) is 6.41. The van der Waals surface area contributed by atoms with Crippen LogP contribution >= 0.6 is 0 Å². The minimum absolute atomic E-state index is 0.663. The molecule has 0 amide bonds. The Labute approximate surface area is 104 Å². The minimum atomic E-state index is 0.663. The standard InChI is InChI=1S/C14H23NO2/c1-4-15-10-9-12-7-8-13(16-5-2)14(11-12)17-6-3/h7-8,11,15H,4-6,9-10H2,1-3H3. The Morgan fingerprint density at radius 3 is 2.35 bits per heavy atom. The molecule has 0 heterocycles. The normalized spacial score (nSPS) is 10.3. The van der Waals surface area contributed by atoms with Gasteiger partial charge in [0, 0.05) is 0 Å². The molecular formula is C14H23NO2. The summed E-state index contributed by atoms with van der Waals surface area (Å²) in [6, 6.07) is 6.17. The fourth-order valence-corrected chi connectivity index (χ4v) is 1.66. The number of benzene rings is 1. The predicted octanol–water partition coefficient (Wildman–Crippen LogP) is 2.64. The predicted molar refractivity (Wildman–Crippen MR) is 71.0 cm³/mol. The second-order valence-corrected chi connectivity index (χ2v) is 3.75. The van der Waals surface area contributed by atoms with E-state index in [1.165, 1.54) is 5.56 Å². The van der Waals surface area contributed by atoms with Gasteiger partial charge >= 0.3 is 0 Å². The van der Waals surface area contributed by atoms with Gasteiger partial charge in [-0.25, -0.2) is 0 Å². The van der Waals surface area contributed by atoms with E-state index in [1.54, 1.807) is 0 Å². The van der Waals surface area contributed by atoms with Crippen molar-refractivity contribution in [2.45, 2.75) is 27.2 Å². The van der Waals surface area contributed by atoms with Crippen molar-refractivity contribution in [1.82, 2.24) is 5.32 Å². The van der Waals surface area contributed by atoms with Gasteiger partial charge in [-0.15, -0.1) is 0 Å². The third-order valence-electron chi connectivity index (χ3n) is 2.45. The number of likely N-dealkylation sites (N-methyl/N-ethyl adjacent to an activating group) is 1. The number of nitrogens with one attached hydrogen (secondary N) is 1. The molecule has 0 radical (unpaired) electrons. The number of rotatable bonds is 8. The molecule has 3 heteroatoms. The smallest absolute Gasteiger partial charge is 0.161 e. The summed E-state index contributed by atoms with van der Waals surface area (Å²) in [5, 5.41) is 3.32. The van der Waals surface area contributed by atoms with E-state index >= 15 is 0 Å². The Balaban J connectivity index is 2.70. The van der Waals surface area contributed by atoms with Gasteiger partial charge in [0.15, 0.2) is 11.5 Å². The molecule has 0 aliphatic carbocycles. The molecule has 0 aliphatic rings. The highest BCUT2D eigenvalue weighted by Crippen LogP contribution is 2.28. The summed E-state index contributed by atoms with van der Waals surface area (Å²) in [6.07, 6.45) is 1.01. The maximum absolute atomic E-state index is 5.59. The molecular weight excluding hydrogens is 214 g/mol. The molecule has 3 nitrogen and oxygen atoms in total. The number of hydrogen-bond donors (Lipinski definition) is 1.